The molecule has 0 N–H and O–H groups in total. The molecule has 5 heterocycles. The van der Waals surface area contributed by atoms with Crippen molar-refractivity contribution in [3.63, 3.8) is 0 Å². The van der Waals surface area contributed by atoms with Crippen LogP contribution in [0, 0.1) is 0 Å². The summed E-state index contributed by atoms with van der Waals surface area (Å²) in [7, 11) is 0. The normalized spacial score (nSPS) is 12.3. The van der Waals surface area contributed by atoms with Gasteiger partial charge in [-0.15, -0.1) is 22.7 Å². The first-order chi connectivity index (χ1) is 69.7. The summed E-state index contributed by atoms with van der Waals surface area (Å²) in [6, 6.07) is 158. The van der Waals surface area contributed by atoms with Gasteiger partial charge >= 0.3 is 0 Å². The first kappa shape index (κ1) is 83.2. The number of hydrogen-bond donors (Lipinski definition) is 0. The van der Waals surface area contributed by atoms with Crippen LogP contribution in [0.15, 0.2) is 437 Å². The highest BCUT2D eigenvalue weighted by Gasteiger charge is 2.35. The van der Waals surface area contributed by atoms with Crippen LogP contribution in [0.1, 0.15) is 52.7 Å². The number of hydrogen-bond acceptors (Lipinski definition) is 6. The predicted octanol–water partition coefficient (Wildman–Crippen LogP) is 38.2. The van der Waals surface area contributed by atoms with Gasteiger partial charge in [-0.25, -0.2) is 15.0 Å². The van der Waals surface area contributed by atoms with Crippen LogP contribution in [0.2, 0.25) is 0 Å². The molecule has 0 amide bonds. The molecule has 4 aliphatic carbocycles. The highest BCUT2D eigenvalue weighted by Crippen LogP contribution is 2.59. The van der Waals surface area contributed by atoms with Crippen molar-refractivity contribution in [2.45, 2.75) is 52.4 Å². The number of aromatic nitrogens is 4. The van der Waals surface area contributed by atoms with Gasteiger partial charge in [-0.1, -0.05) is 387 Å². The maximum absolute atomic E-state index is 5.86. The van der Waals surface area contributed by atoms with Crippen molar-refractivity contribution < 1.29 is 0 Å². The Balaban J connectivity index is 0.568. The van der Waals surface area contributed by atoms with Gasteiger partial charge in [0.1, 0.15) is 4.83 Å². The molecule has 0 aliphatic heterocycles. The third-order valence-corrected chi connectivity index (χ3v) is 32.6. The van der Waals surface area contributed by atoms with E-state index in [2.05, 4.69) is 466 Å². The van der Waals surface area contributed by atoms with Gasteiger partial charge in [-0.05, 0) is 306 Å². The molecule has 0 unspecified atom stereocenters. The van der Waals surface area contributed by atoms with Crippen molar-refractivity contribution in [3.8, 4) is 256 Å². The summed E-state index contributed by atoms with van der Waals surface area (Å²) in [6.07, 6.45) is 5.95. The molecule has 0 saturated heterocycles. The third kappa shape index (κ3) is 13.2. The van der Waals surface area contributed by atoms with E-state index in [1.807, 2.05) is 23.7 Å². The molecule has 4 aliphatic rings. The first-order valence-corrected chi connectivity index (χ1v) is 50.8. The van der Waals surface area contributed by atoms with Gasteiger partial charge in [-0.3, -0.25) is 4.98 Å². The van der Waals surface area contributed by atoms with E-state index in [0.29, 0.717) is 5.82 Å². The number of rotatable bonds is 7. The van der Waals surface area contributed by atoms with E-state index in [0.717, 1.165) is 93.2 Å². The van der Waals surface area contributed by atoms with E-state index in [4.69, 9.17) is 19.9 Å². The summed E-state index contributed by atoms with van der Waals surface area (Å²) in [6.45, 7) is 14.3. The summed E-state index contributed by atoms with van der Waals surface area (Å²) >= 11 is 3.60. The molecule has 6 heteroatoms. The number of pyridine rings is 2. The van der Waals surface area contributed by atoms with Gasteiger partial charge in [-0.2, -0.15) is 0 Å². The highest BCUT2D eigenvalue weighted by atomic mass is 32.1. The molecule has 0 radical (unpaired) electrons. The molecule has 0 saturated carbocycles. The van der Waals surface area contributed by atoms with Crippen LogP contribution < -0.4 is 0 Å². The highest BCUT2D eigenvalue weighted by molar-refractivity contribution is 7.26. The summed E-state index contributed by atoms with van der Waals surface area (Å²) < 4.78 is 3.59. The fourth-order valence-electron chi connectivity index (χ4n) is 24.0. The van der Waals surface area contributed by atoms with E-state index in [-0.39, 0.29) is 10.8 Å². The Hall–Kier alpha value is -17.0. The SMILES string of the molecule is CC(C)(C)c1c(-c2ccc3c(c2)-c2ccc(-c4ccc5sc6c(-c7ncc8c(n7)-c7ccccc7-c7ccccc7-c7cc(-c9cccc(-c%10ccc%11c(c%10)-c%10ccccc%10-c%10ccccc%10-c%10ccccc%10-%11)c9C(C)(C)C)ccc7-8)cccc6c5c4)cc2-c2ccccc2-c2cc(-c4cccc5c4sc4ncccc45)ccc2-3)cccc1-c1ccc2c(c1)-c1ccccc1-c1ccccc1-c1ncccc1-2. The van der Waals surface area contributed by atoms with Crippen molar-refractivity contribution in [1.29, 1.82) is 0 Å². The predicted molar refractivity (Wildman–Crippen MR) is 600 cm³/mol. The fourth-order valence-corrected chi connectivity index (χ4v) is 26.4. The number of nitrogens with zero attached hydrogens (tertiary/aromatic N) is 4. The molecule has 0 atom stereocenters. The lowest BCUT2D eigenvalue weighted by Crippen LogP contribution is -2.15. The largest absolute Gasteiger partial charge is 0.256 e. The second-order valence-corrected chi connectivity index (χ2v) is 42.4. The Bertz CT molecular complexity index is 9520. The van der Waals surface area contributed by atoms with Crippen molar-refractivity contribution in [2.75, 3.05) is 0 Å². The molecule has 5 aromatic heterocycles. The van der Waals surface area contributed by atoms with Gasteiger partial charge in [0.05, 0.1) is 11.4 Å². The van der Waals surface area contributed by atoms with Crippen LogP contribution in [-0.4, -0.2) is 19.9 Å². The smallest absolute Gasteiger partial charge is 0.161 e. The third-order valence-electron chi connectivity index (χ3n) is 30.2. The minimum atomic E-state index is -0.291. The minimum absolute atomic E-state index is 0.261. The standard InChI is InChI=1S/C136H90N4S2/c1-135(2,3)127-86(81-56-63-105-95-33-10-9-31-93(95)91-29-7-8-30-92(91)94-32-11-14-38-100(94)119(105)73-81)45-23-48-89(127)84-59-67-110-122(75-84)102-40-16-13-35-97(102)99-37-20-22-44-113(99)130-125(110)78-139-133(140-130)117-52-26-51-115-124-72-80(61-68-126(124)141-132(115)117)79-55-62-109-118(71-79)103-41-17-18-42-104(103)120-77-85(90-49-25-50-114-116-54-28-70-138-134(116)142-131(90)114)60-65-106(120)107-64-57-82(76-123(107)109)87-46-24-47-88(128(87)136(4,5)6)83-58-66-108-112-53-27-69-137-129(112)111-43-21-19-36-98(111)96-34-12-15-39-101(96)121(108)74-83/h7-78H,1-6H3. The fraction of sp³-hybridized carbons (Fsp3) is 0.0588. The Kier molecular flexibility index (Phi) is 18.9. The van der Waals surface area contributed by atoms with E-state index >= 15 is 0 Å². The molecule has 0 spiro atoms. The van der Waals surface area contributed by atoms with Gasteiger partial charge in [0, 0.05) is 82.1 Å². The van der Waals surface area contributed by atoms with Crippen LogP contribution in [0.5, 0.6) is 0 Å². The van der Waals surface area contributed by atoms with Gasteiger partial charge in [0.2, 0.25) is 0 Å². The monoisotopic (exact) mass is 1840 g/mol. The molecule has 19 aromatic carbocycles. The lowest BCUT2D eigenvalue weighted by molar-refractivity contribution is 0.593. The zero-order valence-electron chi connectivity index (χ0n) is 79.2. The molecular formula is C136H90N4S2. The Morgan fingerprint density at radius 1 is 0.176 bits per heavy atom. The van der Waals surface area contributed by atoms with Crippen LogP contribution in [0.25, 0.3) is 297 Å². The second-order valence-electron chi connectivity index (χ2n) is 40.4. The minimum Gasteiger partial charge on any atom is -0.256 e. The molecule has 28 rings (SSSR count). The van der Waals surface area contributed by atoms with E-state index in [1.165, 1.54) is 209 Å². The Morgan fingerprint density at radius 2 is 0.451 bits per heavy atom. The second kappa shape index (κ2) is 32.3. The zero-order valence-corrected chi connectivity index (χ0v) is 80.8. The van der Waals surface area contributed by atoms with Crippen molar-refractivity contribution in [2.24, 2.45) is 0 Å². The van der Waals surface area contributed by atoms with Gasteiger partial charge in [0.15, 0.2) is 5.82 Å². The average molecular weight is 1840 g/mol. The van der Waals surface area contributed by atoms with Crippen LogP contribution in [-0.2, 0) is 10.8 Å². The van der Waals surface area contributed by atoms with Crippen LogP contribution in [0.4, 0.5) is 0 Å². The van der Waals surface area contributed by atoms with Gasteiger partial charge in [0.25, 0.3) is 0 Å². The topological polar surface area (TPSA) is 51.6 Å². The summed E-state index contributed by atoms with van der Waals surface area (Å²) in [5, 5.41) is 4.78. The van der Waals surface area contributed by atoms with Crippen LogP contribution in [0.3, 0.4) is 0 Å². The summed E-state index contributed by atoms with van der Waals surface area (Å²) in [5.41, 5.74) is 54.4. The molecule has 0 fully saturated rings. The van der Waals surface area contributed by atoms with Crippen molar-refractivity contribution >= 4 is 63.1 Å². The van der Waals surface area contributed by atoms with Crippen LogP contribution >= 0.6 is 22.7 Å². The van der Waals surface area contributed by atoms with Gasteiger partial charge < -0.3 is 0 Å². The molecule has 24 aromatic rings. The maximum Gasteiger partial charge on any atom is 0.161 e. The van der Waals surface area contributed by atoms with Crippen molar-refractivity contribution in [3.05, 3.63) is 448 Å². The van der Waals surface area contributed by atoms with E-state index in [9.17, 15) is 0 Å². The summed E-state index contributed by atoms with van der Waals surface area (Å²) in [4.78, 5) is 22.4. The summed E-state index contributed by atoms with van der Waals surface area (Å²) in [5.74, 6) is 0.688. The maximum atomic E-state index is 5.86. The first-order valence-electron chi connectivity index (χ1n) is 49.2. The Morgan fingerprint density at radius 3 is 0.880 bits per heavy atom. The van der Waals surface area contributed by atoms with E-state index < -0.39 is 0 Å². The Labute approximate surface area is 833 Å². The molecule has 142 heavy (non-hydrogen) atoms. The quantitative estimate of drug-likeness (QED) is 0.160. The molecule has 666 valence electrons. The molecular weight excluding hydrogens is 1750 g/mol. The number of fused-ring (bicyclic) bond motifs is 38. The average Bonchev–Trinajstić information content (AvgIpc) is 0.963. The lowest BCUT2D eigenvalue weighted by atomic mass is 9.75. The lowest BCUT2D eigenvalue weighted by Gasteiger charge is -2.29. The molecule has 0 bridgehead atoms. The zero-order chi connectivity index (χ0) is 94.5. The van der Waals surface area contributed by atoms with E-state index in [1.54, 1.807) is 11.3 Å². The number of thiophene rings is 2. The molecule has 4 nitrogen and oxygen atoms in total. The number of benzene rings is 19. The van der Waals surface area contributed by atoms with Crippen molar-refractivity contribution in [1.82, 2.24) is 19.9 Å².